The third kappa shape index (κ3) is 2.61. The third-order valence-electron chi connectivity index (χ3n) is 4.09. The van der Waals surface area contributed by atoms with Crippen molar-refractivity contribution in [3.63, 3.8) is 0 Å². The largest absolute Gasteiger partial charge is 0.488 e. The lowest BCUT2D eigenvalue weighted by atomic mass is 9.83. The van der Waals surface area contributed by atoms with Crippen LogP contribution in [0.4, 0.5) is 0 Å². The van der Waals surface area contributed by atoms with Crippen molar-refractivity contribution in [2.75, 3.05) is 19.7 Å². The molecular weight excluding hydrogens is 278 g/mol. The number of aliphatic hydroxyl groups is 2. The maximum absolute atomic E-state index is 11.4. The van der Waals surface area contributed by atoms with Crippen molar-refractivity contribution in [1.29, 1.82) is 0 Å². The zero-order valence-corrected chi connectivity index (χ0v) is 12.7. The molecule has 1 unspecified atom stereocenters. The molecule has 1 aliphatic rings. The minimum absolute atomic E-state index is 0.0367. The maximum atomic E-state index is 11.4. The predicted molar refractivity (Wildman–Crippen MR) is 84.9 cm³/mol. The molecule has 22 heavy (non-hydrogen) atoms. The van der Waals surface area contributed by atoms with Crippen LogP contribution in [0.25, 0.3) is 0 Å². The second kappa shape index (κ2) is 6.08. The molecule has 116 valence electrons. The van der Waals surface area contributed by atoms with Crippen LogP contribution in [0.2, 0.25) is 0 Å². The smallest absolute Gasteiger partial charge is 0.131 e. The van der Waals surface area contributed by atoms with E-state index >= 15 is 0 Å². The summed E-state index contributed by atoms with van der Waals surface area (Å²) in [5.41, 5.74) is 2.56. The first-order chi connectivity index (χ1) is 10.6. The Hall–Kier alpha value is -1.88. The molecule has 0 radical (unpaired) electrons. The third-order valence-corrected chi connectivity index (χ3v) is 4.09. The van der Waals surface area contributed by atoms with Crippen molar-refractivity contribution in [3.05, 3.63) is 64.7 Å². The molecule has 0 fully saturated rings. The molecule has 4 heteroatoms. The van der Waals surface area contributed by atoms with E-state index in [1.54, 1.807) is 0 Å². The molecule has 0 bridgehead atoms. The molecule has 1 heterocycles. The Labute approximate surface area is 130 Å². The Morgan fingerprint density at radius 2 is 2.00 bits per heavy atom. The molecular formula is C18H21NO3. The van der Waals surface area contributed by atoms with Crippen LogP contribution in [0.15, 0.2) is 42.5 Å². The summed E-state index contributed by atoms with van der Waals surface area (Å²) in [6, 6.07) is 13.6. The Morgan fingerprint density at radius 3 is 2.82 bits per heavy atom. The summed E-state index contributed by atoms with van der Waals surface area (Å²) >= 11 is 0. The highest BCUT2D eigenvalue weighted by molar-refractivity contribution is 5.50. The monoisotopic (exact) mass is 299 g/mol. The number of hydrogen-bond donors (Lipinski definition) is 3. The van der Waals surface area contributed by atoms with Gasteiger partial charge < -0.3 is 20.3 Å². The van der Waals surface area contributed by atoms with E-state index in [1.165, 1.54) is 0 Å². The first-order valence-electron chi connectivity index (χ1n) is 7.51. The molecule has 3 rings (SSSR count). The van der Waals surface area contributed by atoms with E-state index in [4.69, 9.17) is 9.84 Å². The average molecular weight is 299 g/mol. The summed E-state index contributed by atoms with van der Waals surface area (Å²) in [4.78, 5) is 0. The van der Waals surface area contributed by atoms with Crippen LogP contribution in [-0.2, 0) is 12.2 Å². The van der Waals surface area contributed by atoms with Gasteiger partial charge in [-0.3, -0.25) is 0 Å². The van der Waals surface area contributed by atoms with Crippen LogP contribution >= 0.6 is 0 Å². The number of para-hydroxylation sites is 1. The van der Waals surface area contributed by atoms with E-state index in [1.807, 2.05) is 43.3 Å². The minimum Gasteiger partial charge on any atom is -0.488 e. The zero-order valence-electron chi connectivity index (χ0n) is 12.7. The number of nitrogens with one attached hydrogen (secondary N) is 1. The average Bonchev–Trinajstić information content (AvgIpc) is 2.64. The molecule has 0 spiro atoms. The van der Waals surface area contributed by atoms with Crippen molar-refractivity contribution in [2.24, 2.45) is 0 Å². The summed E-state index contributed by atoms with van der Waals surface area (Å²) in [5, 5.41) is 23.6. The number of hydrogen-bond acceptors (Lipinski definition) is 4. The van der Waals surface area contributed by atoms with Gasteiger partial charge in [-0.2, -0.15) is 0 Å². The molecule has 4 nitrogen and oxygen atoms in total. The first-order valence-corrected chi connectivity index (χ1v) is 7.51. The number of aryl methyl sites for hydroxylation is 1. The highest BCUT2D eigenvalue weighted by Gasteiger charge is 2.37. The Kier molecular flexibility index (Phi) is 4.16. The minimum atomic E-state index is -1.18. The number of fused-ring (bicyclic) bond motifs is 2. The molecule has 1 atom stereocenters. The molecule has 0 amide bonds. The van der Waals surface area contributed by atoms with Crippen molar-refractivity contribution in [1.82, 2.24) is 5.32 Å². The van der Waals surface area contributed by atoms with Crippen LogP contribution in [-0.4, -0.2) is 29.9 Å². The van der Waals surface area contributed by atoms with Crippen molar-refractivity contribution < 1.29 is 14.9 Å². The number of rotatable bonds is 4. The lowest BCUT2D eigenvalue weighted by molar-refractivity contribution is 0.0779. The standard InChI is InChI=1S/C18H21NO3/c1-13-6-7-15-14(10-13)11-22-17-5-3-2-4-16(17)18(15,21)12-19-8-9-20/h2-7,10,19-21H,8-9,11-12H2,1H3. The van der Waals surface area contributed by atoms with Crippen LogP contribution < -0.4 is 10.1 Å². The molecule has 0 saturated carbocycles. The van der Waals surface area contributed by atoms with Gasteiger partial charge >= 0.3 is 0 Å². The SMILES string of the molecule is Cc1ccc2c(c1)COc1ccccc1C2(O)CNCCO. The van der Waals surface area contributed by atoms with E-state index in [9.17, 15) is 5.11 Å². The fourth-order valence-corrected chi connectivity index (χ4v) is 3.02. The van der Waals surface area contributed by atoms with E-state index in [-0.39, 0.29) is 6.61 Å². The van der Waals surface area contributed by atoms with Gasteiger partial charge in [0, 0.05) is 18.7 Å². The van der Waals surface area contributed by atoms with Crippen LogP contribution in [0.3, 0.4) is 0 Å². The van der Waals surface area contributed by atoms with Crippen LogP contribution in [0.5, 0.6) is 5.75 Å². The van der Waals surface area contributed by atoms with Gasteiger partial charge in [0.25, 0.3) is 0 Å². The van der Waals surface area contributed by atoms with E-state index < -0.39 is 5.60 Å². The first kappa shape index (κ1) is 15.0. The number of aliphatic hydroxyl groups excluding tert-OH is 1. The lowest BCUT2D eigenvalue weighted by Crippen LogP contribution is -2.40. The van der Waals surface area contributed by atoms with Gasteiger partial charge in [-0.05, 0) is 24.1 Å². The highest BCUT2D eigenvalue weighted by atomic mass is 16.5. The van der Waals surface area contributed by atoms with E-state index in [2.05, 4.69) is 11.4 Å². The van der Waals surface area contributed by atoms with Gasteiger partial charge in [0.2, 0.25) is 0 Å². The molecule has 0 aromatic heterocycles. The maximum Gasteiger partial charge on any atom is 0.131 e. The van der Waals surface area contributed by atoms with Gasteiger partial charge in [0.05, 0.1) is 6.61 Å². The molecule has 0 aliphatic carbocycles. The molecule has 3 N–H and O–H groups in total. The topological polar surface area (TPSA) is 61.7 Å². The van der Waals surface area contributed by atoms with Crippen molar-refractivity contribution in [3.8, 4) is 5.75 Å². The van der Waals surface area contributed by atoms with Crippen molar-refractivity contribution in [2.45, 2.75) is 19.1 Å². The van der Waals surface area contributed by atoms with Gasteiger partial charge in [0.1, 0.15) is 18.0 Å². The lowest BCUT2D eigenvalue weighted by Gasteiger charge is -2.30. The molecule has 2 aromatic rings. The van der Waals surface area contributed by atoms with E-state index in [0.29, 0.717) is 25.4 Å². The van der Waals surface area contributed by atoms with Gasteiger partial charge in [-0.1, -0.05) is 42.0 Å². The Bertz CT molecular complexity index is 671. The quantitative estimate of drug-likeness (QED) is 0.752. The molecule has 0 saturated heterocycles. The van der Waals surface area contributed by atoms with Gasteiger partial charge in [0.15, 0.2) is 0 Å². The fraction of sp³-hybridized carbons (Fsp3) is 0.333. The fourth-order valence-electron chi connectivity index (χ4n) is 3.02. The number of ether oxygens (including phenoxy) is 1. The molecule has 2 aromatic carbocycles. The summed E-state index contributed by atoms with van der Waals surface area (Å²) in [5.74, 6) is 0.699. The number of benzene rings is 2. The Morgan fingerprint density at radius 1 is 1.18 bits per heavy atom. The second-order valence-electron chi connectivity index (χ2n) is 5.71. The van der Waals surface area contributed by atoms with Crippen LogP contribution in [0.1, 0.15) is 22.3 Å². The van der Waals surface area contributed by atoms with Gasteiger partial charge in [-0.25, -0.2) is 0 Å². The van der Waals surface area contributed by atoms with E-state index in [0.717, 1.165) is 22.3 Å². The van der Waals surface area contributed by atoms with Crippen LogP contribution in [0, 0.1) is 6.92 Å². The summed E-state index contributed by atoms with van der Waals surface area (Å²) in [6.45, 7) is 3.27. The normalized spacial score (nSPS) is 19.8. The summed E-state index contributed by atoms with van der Waals surface area (Å²) in [6.07, 6.45) is 0. The predicted octanol–water partition coefficient (Wildman–Crippen LogP) is 1.71. The summed E-state index contributed by atoms with van der Waals surface area (Å²) < 4.78 is 5.89. The highest BCUT2D eigenvalue weighted by Crippen LogP contribution is 2.40. The van der Waals surface area contributed by atoms with Gasteiger partial charge in [-0.15, -0.1) is 0 Å². The molecule has 1 aliphatic heterocycles. The zero-order chi connectivity index (χ0) is 15.6. The Balaban J connectivity index is 2.12. The second-order valence-corrected chi connectivity index (χ2v) is 5.71. The van der Waals surface area contributed by atoms with Crippen molar-refractivity contribution >= 4 is 0 Å². The summed E-state index contributed by atoms with van der Waals surface area (Å²) in [7, 11) is 0.